The van der Waals surface area contributed by atoms with Gasteiger partial charge in [0.15, 0.2) is 5.60 Å². The van der Waals surface area contributed by atoms with Gasteiger partial charge in [-0.2, -0.15) is 0 Å². The topological polar surface area (TPSA) is 26.3 Å². The van der Waals surface area contributed by atoms with Crippen molar-refractivity contribution in [2.75, 3.05) is 0 Å². The minimum atomic E-state index is -0.252. The maximum Gasteiger partial charge on any atom is 0.314 e. The molecule has 0 N–H and O–H groups in total. The summed E-state index contributed by atoms with van der Waals surface area (Å²) in [6.07, 6.45) is 3.09. The molecule has 0 amide bonds. The fourth-order valence-electron chi connectivity index (χ4n) is 2.72. The molecule has 2 nitrogen and oxygen atoms in total. The first kappa shape index (κ1) is 8.04. The number of fused-ring (bicyclic) bond motifs is 1. The molecule has 3 rings (SSSR count). The second-order valence-corrected chi connectivity index (χ2v) is 4.12. The molecule has 1 aliphatic carbocycles. The van der Waals surface area contributed by atoms with E-state index in [4.69, 9.17) is 4.74 Å². The minimum absolute atomic E-state index is 0.00801. The summed E-state index contributed by atoms with van der Waals surface area (Å²) in [4.78, 5) is 11.3. The molecule has 2 aliphatic rings. The van der Waals surface area contributed by atoms with E-state index in [1.807, 2.05) is 18.2 Å². The Labute approximate surface area is 82.9 Å². The van der Waals surface area contributed by atoms with Crippen LogP contribution in [0.3, 0.4) is 0 Å². The lowest BCUT2D eigenvalue weighted by Gasteiger charge is -2.43. The maximum absolute atomic E-state index is 11.3. The Hall–Kier alpha value is -1.31. The van der Waals surface area contributed by atoms with Crippen molar-refractivity contribution in [3.8, 4) is 0 Å². The molecule has 1 saturated carbocycles. The van der Waals surface area contributed by atoms with Gasteiger partial charge in [0.1, 0.15) is 5.92 Å². The number of carbonyl (C=O) groups is 1. The molecule has 72 valence electrons. The monoisotopic (exact) mass is 188 g/mol. The third-order valence-corrected chi connectivity index (χ3v) is 3.43. The number of rotatable bonds is 1. The quantitative estimate of drug-likeness (QED) is 0.632. The van der Waals surface area contributed by atoms with Crippen molar-refractivity contribution < 1.29 is 9.53 Å². The summed E-state index contributed by atoms with van der Waals surface area (Å²) in [5.74, 6) is 0.122. The van der Waals surface area contributed by atoms with Crippen LogP contribution in [0.25, 0.3) is 0 Å². The Balaban J connectivity index is 2.02. The molecule has 0 radical (unpaired) electrons. The Morgan fingerprint density at radius 2 is 2.07 bits per heavy atom. The lowest BCUT2D eigenvalue weighted by Crippen LogP contribution is -2.51. The average Bonchev–Trinajstić information content (AvgIpc) is 2.57. The fourth-order valence-corrected chi connectivity index (χ4v) is 2.72. The van der Waals surface area contributed by atoms with Gasteiger partial charge in [-0.15, -0.1) is 0 Å². The highest BCUT2D eigenvalue weighted by atomic mass is 16.6. The highest BCUT2D eigenvalue weighted by molar-refractivity contribution is 5.81. The molecule has 0 bridgehead atoms. The molecular formula is C12H12O2. The first-order valence-corrected chi connectivity index (χ1v) is 5.11. The maximum atomic E-state index is 11.3. The molecule has 14 heavy (non-hydrogen) atoms. The van der Waals surface area contributed by atoms with Gasteiger partial charge in [-0.05, 0) is 24.8 Å². The number of hydrogen-bond donors (Lipinski definition) is 0. The van der Waals surface area contributed by atoms with Gasteiger partial charge in [-0.3, -0.25) is 4.79 Å². The van der Waals surface area contributed by atoms with Crippen LogP contribution in [0.5, 0.6) is 0 Å². The molecule has 2 atom stereocenters. The largest absolute Gasteiger partial charge is 0.453 e. The summed E-state index contributed by atoms with van der Waals surface area (Å²) in [7, 11) is 0. The van der Waals surface area contributed by atoms with Gasteiger partial charge in [0.05, 0.1) is 0 Å². The van der Waals surface area contributed by atoms with Gasteiger partial charge in [0.2, 0.25) is 0 Å². The average molecular weight is 188 g/mol. The molecular weight excluding hydrogens is 176 g/mol. The van der Waals surface area contributed by atoms with E-state index in [2.05, 4.69) is 12.1 Å². The fraction of sp³-hybridized carbons (Fsp3) is 0.417. The Bertz CT molecular complexity index is 371. The highest BCUT2D eigenvalue weighted by Crippen LogP contribution is 2.54. The van der Waals surface area contributed by atoms with E-state index in [0.29, 0.717) is 0 Å². The molecule has 2 heteroatoms. The Morgan fingerprint density at radius 1 is 1.29 bits per heavy atom. The highest BCUT2D eigenvalue weighted by Gasteiger charge is 2.59. The Morgan fingerprint density at radius 3 is 2.79 bits per heavy atom. The van der Waals surface area contributed by atoms with Gasteiger partial charge in [0, 0.05) is 0 Å². The summed E-state index contributed by atoms with van der Waals surface area (Å²) in [5.41, 5.74) is 0.917. The van der Waals surface area contributed by atoms with E-state index in [0.717, 1.165) is 19.3 Å². The molecule has 1 heterocycles. The first-order chi connectivity index (χ1) is 6.83. The Kier molecular flexibility index (Phi) is 1.49. The van der Waals surface area contributed by atoms with E-state index in [9.17, 15) is 4.79 Å². The molecule has 0 unspecified atom stereocenters. The zero-order valence-corrected chi connectivity index (χ0v) is 7.90. The van der Waals surface area contributed by atoms with Crippen LogP contribution in [0.4, 0.5) is 0 Å². The molecule has 1 aromatic carbocycles. The number of hydrogen-bond acceptors (Lipinski definition) is 2. The number of esters is 1. The van der Waals surface area contributed by atoms with Crippen LogP contribution < -0.4 is 0 Å². The van der Waals surface area contributed by atoms with E-state index in [1.54, 1.807) is 0 Å². The molecule has 2 fully saturated rings. The minimum Gasteiger partial charge on any atom is -0.453 e. The van der Waals surface area contributed by atoms with E-state index in [-0.39, 0.29) is 17.5 Å². The van der Waals surface area contributed by atoms with Crippen molar-refractivity contribution in [3.63, 3.8) is 0 Å². The van der Waals surface area contributed by atoms with Gasteiger partial charge in [-0.25, -0.2) is 0 Å². The van der Waals surface area contributed by atoms with Crippen molar-refractivity contribution >= 4 is 5.97 Å². The van der Waals surface area contributed by atoms with Crippen molar-refractivity contribution in [1.29, 1.82) is 0 Å². The van der Waals surface area contributed by atoms with E-state index < -0.39 is 0 Å². The van der Waals surface area contributed by atoms with E-state index >= 15 is 0 Å². The third-order valence-electron chi connectivity index (χ3n) is 3.43. The van der Waals surface area contributed by atoms with Gasteiger partial charge in [-0.1, -0.05) is 30.3 Å². The number of ether oxygens (including phenoxy) is 1. The van der Waals surface area contributed by atoms with Crippen LogP contribution in [0, 0.1) is 5.92 Å². The zero-order valence-electron chi connectivity index (χ0n) is 7.90. The predicted molar refractivity (Wildman–Crippen MR) is 51.6 cm³/mol. The molecule has 0 spiro atoms. The van der Waals surface area contributed by atoms with Crippen molar-refractivity contribution in [2.24, 2.45) is 5.92 Å². The number of benzene rings is 1. The molecule has 0 aromatic heterocycles. The van der Waals surface area contributed by atoms with Crippen LogP contribution in [-0.2, 0) is 15.1 Å². The first-order valence-electron chi connectivity index (χ1n) is 5.11. The van der Waals surface area contributed by atoms with Gasteiger partial charge in [0.25, 0.3) is 0 Å². The normalized spacial score (nSPS) is 34.6. The summed E-state index contributed by atoms with van der Waals surface area (Å²) in [6, 6.07) is 10.1. The van der Waals surface area contributed by atoms with Crippen molar-refractivity contribution in [3.05, 3.63) is 35.9 Å². The van der Waals surface area contributed by atoms with Crippen LogP contribution in [0.15, 0.2) is 30.3 Å². The van der Waals surface area contributed by atoms with Crippen LogP contribution in [0.2, 0.25) is 0 Å². The SMILES string of the molecule is O=C1O[C@]2(c3ccccc3)CCC[C@H]12. The second kappa shape index (κ2) is 2.59. The standard InChI is InChI=1S/C12H12O2/c13-11-10-7-4-8-12(10,14-11)9-5-2-1-3-6-9/h1-3,5-6,10H,4,7-8H2/t10-,12+/m1/s1. The second-order valence-electron chi connectivity index (χ2n) is 4.12. The summed E-state index contributed by atoms with van der Waals surface area (Å²) >= 11 is 0. The van der Waals surface area contributed by atoms with Crippen molar-refractivity contribution in [2.45, 2.75) is 24.9 Å². The summed E-state index contributed by atoms with van der Waals surface area (Å²) < 4.78 is 5.40. The summed E-state index contributed by atoms with van der Waals surface area (Å²) in [5, 5.41) is 0. The summed E-state index contributed by atoms with van der Waals surface area (Å²) in [6.45, 7) is 0. The third kappa shape index (κ3) is 0.834. The molecule has 1 saturated heterocycles. The van der Waals surface area contributed by atoms with Crippen LogP contribution >= 0.6 is 0 Å². The zero-order chi connectivity index (χ0) is 9.60. The lowest BCUT2D eigenvalue weighted by molar-refractivity contribution is -0.209. The van der Waals surface area contributed by atoms with Gasteiger partial charge < -0.3 is 4.74 Å². The van der Waals surface area contributed by atoms with Crippen LogP contribution in [0.1, 0.15) is 24.8 Å². The van der Waals surface area contributed by atoms with E-state index in [1.165, 1.54) is 5.56 Å². The lowest BCUT2D eigenvalue weighted by atomic mass is 9.79. The molecule has 1 aromatic rings. The van der Waals surface area contributed by atoms with Gasteiger partial charge >= 0.3 is 5.97 Å². The van der Waals surface area contributed by atoms with Crippen LogP contribution in [-0.4, -0.2) is 5.97 Å². The number of carbonyl (C=O) groups excluding carboxylic acids is 1. The predicted octanol–water partition coefficient (Wildman–Crippen LogP) is 2.24. The van der Waals surface area contributed by atoms with Crippen molar-refractivity contribution in [1.82, 2.24) is 0 Å². The molecule has 1 aliphatic heterocycles. The smallest absolute Gasteiger partial charge is 0.314 e.